The molecule has 1 N–H and O–H groups in total. The molecule has 8 radical (unpaired) electrons. The number of nitrogens with zero attached hydrogens (tertiary/aromatic N) is 2. The molecule has 0 fully saturated rings. The lowest BCUT2D eigenvalue weighted by atomic mass is 9.36. The maximum absolute atomic E-state index is 13.2. The van der Waals surface area contributed by atoms with Gasteiger partial charge in [0.25, 0.3) is 0 Å². The van der Waals surface area contributed by atoms with Gasteiger partial charge in [-0.2, -0.15) is 0 Å². The fourth-order valence-corrected chi connectivity index (χ4v) is 5.30. The van der Waals surface area contributed by atoms with Crippen LogP contribution in [0.3, 0.4) is 0 Å². The number of hydrogen-bond donors (Lipinski definition) is 1. The molecule has 0 aliphatic carbocycles. The molecular weight excluding hydrogens is 499 g/mol. The minimum absolute atomic E-state index is 0.216. The van der Waals surface area contributed by atoms with Crippen molar-refractivity contribution >= 4 is 71.6 Å². The Hall–Kier alpha value is -2.77. The largest absolute Gasteiger partial charge is 0.479 e. The Morgan fingerprint density at radius 1 is 1.05 bits per heavy atom. The van der Waals surface area contributed by atoms with Crippen molar-refractivity contribution in [2.45, 2.75) is 57.0 Å². The van der Waals surface area contributed by atoms with Crippen molar-refractivity contribution in [1.29, 1.82) is 0 Å². The zero-order chi connectivity index (χ0) is 28.5. The van der Waals surface area contributed by atoms with Crippen LogP contribution in [0.5, 0.6) is 0 Å². The van der Waals surface area contributed by atoms with E-state index in [-0.39, 0.29) is 5.69 Å². The molecule has 12 heteroatoms. The van der Waals surface area contributed by atoms with E-state index in [2.05, 4.69) is 0 Å². The lowest BCUT2D eigenvalue weighted by Crippen LogP contribution is -2.71. The molecule has 0 saturated carbocycles. The highest BCUT2D eigenvalue weighted by molar-refractivity contribution is 6.56. The van der Waals surface area contributed by atoms with E-state index >= 15 is 0 Å². The van der Waals surface area contributed by atoms with Gasteiger partial charge < -0.3 is 19.1 Å². The van der Waals surface area contributed by atoms with Gasteiger partial charge in [0.1, 0.15) is 0 Å². The van der Waals surface area contributed by atoms with Crippen LogP contribution >= 0.6 is 11.6 Å². The van der Waals surface area contributed by atoms with Crippen molar-refractivity contribution in [3.63, 3.8) is 0 Å². The van der Waals surface area contributed by atoms with E-state index in [1.165, 1.54) is 7.11 Å². The number of aliphatic carboxylic acids is 1. The minimum atomic E-state index is -2.17. The summed E-state index contributed by atoms with van der Waals surface area (Å²) >= 11 is 6.17. The molecule has 1 atom stereocenters. The van der Waals surface area contributed by atoms with Crippen LogP contribution in [0.15, 0.2) is 30.3 Å². The van der Waals surface area contributed by atoms with Gasteiger partial charge in [-0.15, -0.1) is 0 Å². The van der Waals surface area contributed by atoms with Crippen molar-refractivity contribution in [2.75, 3.05) is 12.0 Å². The van der Waals surface area contributed by atoms with Gasteiger partial charge in [-0.1, -0.05) is 23.7 Å². The summed E-state index contributed by atoms with van der Waals surface area (Å²) in [6, 6.07) is 8.76. The lowest BCUT2D eigenvalue weighted by Gasteiger charge is -2.56. The van der Waals surface area contributed by atoms with E-state index in [1.807, 2.05) is 0 Å². The Morgan fingerprint density at radius 3 is 2.13 bits per heavy atom. The number of hydrogen-bond acceptors (Lipinski definition) is 4. The van der Waals surface area contributed by atoms with Gasteiger partial charge in [-0.05, 0) is 80.2 Å². The first-order valence-corrected chi connectivity index (χ1v) is 12.2. The van der Waals surface area contributed by atoms with Crippen molar-refractivity contribution in [3.8, 4) is 11.1 Å². The number of anilines is 1. The van der Waals surface area contributed by atoms with E-state index in [4.69, 9.17) is 52.5 Å². The molecule has 1 aromatic heterocycles. The molecule has 2 heterocycles. The smallest absolute Gasteiger partial charge is 0.413 e. The number of carbonyl (C=O) groups excluding carboxylic acids is 1. The molecule has 2 aromatic carbocycles. The van der Waals surface area contributed by atoms with Crippen LogP contribution in [0.25, 0.3) is 22.0 Å². The zero-order valence-electron chi connectivity index (χ0n) is 22.1. The summed E-state index contributed by atoms with van der Waals surface area (Å²) in [5.41, 5.74) is 2.31. The molecule has 4 rings (SSSR count). The Kier molecular flexibility index (Phi) is 6.81. The maximum Gasteiger partial charge on any atom is 0.413 e. The zero-order valence-corrected chi connectivity index (χ0v) is 22.9. The molecule has 1 aliphatic rings. The Balaban J connectivity index is 2.29. The van der Waals surface area contributed by atoms with Crippen LogP contribution in [-0.4, -0.2) is 71.2 Å². The number of benzene rings is 2. The number of amides is 1. The van der Waals surface area contributed by atoms with Gasteiger partial charge >= 0.3 is 12.1 Å². The Morgan fingerprint density at radius 2 is 1.63 bits per heavy atom. The van der Waals surface area contributed by atoms with Gasteiger partial charge in [-0.3, -0.25) is 4.90 Å². The normalized spacial score (nSPS) is 16.9. The number of ether oxygens (including phenoxy) is 2. The van der Waals surface area contributed by atoms with Crippen molar-refractivity contribution in [1.82, 2.24) is 4.57 Å². The minimum Gasteiger partial charge on any atom is -0.479 e. The highest BCUT2D eigenvalue weighted by atomic mass is 35.5. The molecule has 7 nitrogen and oxygen atoms in total. The second-order valence-electron chi connectivity index (χ2n) is 10.6. The van der Waals surface area contributed by atoms with Crippen LogP contribution in [0.2, 0.25) is 5.02 Å². The maximum atomic E-state index is 13.2. The fraction of sp³-hybridized carbons (Fsp3) is 0.385. The molecule has 3 aromatic rings. The topological polar surface area (TPSA) is 81.0 Å². The number of methoxy groups -OCH3 is 1. The number of carboxylic acids is 1. The molecule has 0 spiro atoms. The summed E-state index contributed by atoms with van der Waals surface area (Å²) in [4.78, 5) is 26.9. The van der Waals surface area contributed by atoms with Crippen LogP contribution in [0, 0.1) is 13.8 Å². The summed E-state index contributed by atoms with van der Waals surface area (Å²) in [6.07, 6.45) is -2.35. The van der Waals surface area contributed by atoms with E-state index in [0.29, 0.717) is 43.9 Å². The van der Waals surface area contributed by atoms with E-state index in [1.54, 1.807) is 69.5 Å². The summed E-state index contributed by atoms with van der Waals surface area (Å²) in [7, 11) is 27.2. The summed E-state index contributed by atoms with van der Waals surface area (Å²) in [5, 5.41) is 7.33. The van der Waals surface area contributed by atoms with Gasteiger partial charge in [0, 0.05) is 21.7 Å². The lowest BCUT2D eigenvalue weighted by molar-refractivity contribution is -0.160. The average Bonchev–Trinajstić information content (AvgIpc) is 3.15. The number of halogens is 1. The van der Waals surface area contributed by atoms with Gasteiger partial charge in [0.2, 0.25) is 0 Å². The average molecular weight is 524 g/mol. The molecule has 38 heavy (non-hydrogen) atoms. The number of rotatable bonds is 4. The predicted molar refractivity (Wildman–Crippen MR) is 152 cm³/mol. The van der Waals surface area contributed by atoms with E-state index in [0.717, 1.165) is 4.90 Å². The van der Waals surface area contributed by atoms with Crippen LogP contribution in [0.1, 0.15) is 43.7 Å². The molecule has 1 aliphatic heterocycles. The first kappa shape index (κ1) is 28.2. The van der Waals surface area contributed by atoms with Gasteiger partial charge in [-0.25, -0.2) is 9.59 Å². The molecule has 0 unspecified atom stereocenters. The van der Waals surface area contributed by atoms with Gasteiger partial charge in [0.15, 0.2) is 6.10 Å². The second-order valence-corrected chi connectivity index (χ2v) is 11.0. The SMILES string of the molecule is [B]C1([B])N(C(=O)OC)c2c(C)c([C@H](OC(C)(C)C)C(=O)O)c(-c3ccc(Cl)cc3)c3cc(C)n(c23)C1([B])[B]. The summed E-state index contributed by atoms with van der Waals surface area (Å²) in [5.74, 6) is -1.22. The predicted octanol–water partition coefficient (Wildman–Crippen LogP) is 4.04. The number of carbonyl (C=O) groups is 2. The molecule has 0 bridgehead atoms. The highest BCUT2D eigenvalue weighted by Crippen LogP contribution is 2.52. The van der Waals surface area contributed by atoms with Crippen LogP contribution < -0.4 is 4.90 Å². The van der Waals surface area contributed by atoms with Crippen molar-refractivity contribution < 1.29 is 24.2 Å². The molecule has 0 saturated heterocycles. The third-order valence-electron chi connectivity index (χ3n) is 6.76. The van der Waals surface area contributed by atoms with Gasteiger partial charge in [0.05, 0.1) is 55.3 Å². The van der Waals surface area contributed by atoms with Crippen molar-refractivity contribution in [2.24, 2.45) is 0 Å². The quantitative estimate of drug-likeness (QED) is 0.522. The van der Waals surface area contributed by atoms with Crippen molar-refractivity contribution in [3.05, 3.63) is 52.2 Å². The second kappa shape index (κ2) is 9.16. The third-order valence-corrected chi connectivity index (χ3v) is 7.01. The first-order chi connectivity index (χ1) is 17.5. The first-order valence-electron chi connectivity index (χ1n) is 11.8. The highest BCUT2D eigenvalue weighted by Gasteiger charge is 2.51. The standard InChI is InChI=1S/C26H25B4ClN2O5/c1-12-11-16-18(14-7-9-15(31)10-8-14)17(21(22(34)35)38-24(3,4)5)13(2)19-20(16)32(12)25(27,28)26(29,30)33(19)23(36)37-6/h7-11,21H,1-6H3,(H,34,35)/t21-/m0/s1. The van der Waals surface area contributed by atoms with Crippen LogP contribution in [-0.2, 0) is 19.6 Å². The third kappa shape index (κ3) is 4.15. The number of aromatic nitrogens is 1. The summed E-state index contributed by atoms with van der Waals surface area (Å²) < 4.78 is 12.7. The Bertz CT molecular complexity index is 1460. The Labute approximate surface area is 232 Å². The van der Waals surface area contributed by atoms with Crippen LogP contribution in [0.4, 0.5) is 10.5 Å². The monoisotopic (exact) mass is 524 g/mol. The van der Waals surface area contributed by atoms with E-state index < -0.39 is 34.4 Å². The number of carboxylic acid groups (broad SMARTS) is 1. The molecule has 1 amide bonds. The fourth-order valence-electron chi connectivity index (χ4n) is 5.17. The molecule has 188 valence electrons. The number of aryl methyl sites for hydroxylation is 1. The summed E-state index contributed by atoms with van der Waals surface area (Å²) in [6.45, 7) is 8.71. The molecular formula is C26H25B4ClN2O5. The van der Waals surface area contributed by atoms with E-state index in [9.17, 15) is 14.7 Å².